The summed E-state index contributed by atoms with van der Waals surface area (Å²) in [5.74, 6) is -0.502. The van der Waals surface area contributed by atoms with Crippen LogP contribution in [0.4, 0.5) is 0 Å². The lowest BCUT2D eigenvalue weighted by atomic mass is 9.87. The first-order valence-corrected chi connectivity index (χ1v) is 8.47. The van der Waals surface area contributed by atoms with E-state index in [1.54, 1.807) is 31.2 Å². The zero-order valence-electron chi connectivity index (χ0n) is 11.3. The largest absolute Gasteiger partial charge is 0.298 e. The molecule has 1 fully saturated rings. The van der Waals surface area contributed by atoms with Gasteiger partial charge in [0.2, 0.25) is 0 Å². The molecule has 4 heteroatoms. The molecule has 0 spiro atoms. The van der Waals surface area contributed by atoms with Crippen molar-refractivity contribution >= 4 is 15.6 Å². The minimum atomic E-state index is -3.49. The van der Waals surface area contributed by atoms with Gasteiger partial charge < -0.3 is 0 Å². The molecule has 0 saturated heterocycles. The molecule has 2 rings (SSSR count). The molecule has 0 aliphatic heterocycles. The van der Waals surface area contributed by atoms with Crippen LogP contribution in [0.25, 0.3) is 0 Å². The Bertz CT molecular complexity index is 555. The second kappa shape index (κ2) is 5.87. The van der Waals surface area contributed by atoms with Crippen molar-refractivity contribution in [3.8, 4) is 0 Å². The highest BCUT2D eigenvalue weighted by Gasteiger charge is 2.27. The normalized spacial score (nSPS) is 17.3. The summed E-state index contributed by atoms with van der Waals surface area (Å²) in [6.07, 6.45) is 4.94. The molecule has 104 valence electrons. The third kappa shape index (κ3) is 3.44. The third-order valence-corrected chi connectivity index (χ3v) is 5.61. The van der Waals surface area contributed by atoms with Crippen molar-refractivity contribution < 1.29 is 13.2 Å². The number of sulfone groups is 1. The van der Waals surface area contributed by atoms with Crippen LogP contribution in [0, 0.1) is 12.8 Å². The summed E-state index contributed by atoms with van der Waals surface area (Å²) >= 11 is 0. The second-order valence-electron chi connectivity index (χ2n) is 5.33. The SMILES string of the molecule is Cc1ccccc1S(=O)(=O)CC(=O)C1CCCCC1. The van der Waals surface area contributed by atoms with E-state index >= 15 is 0 Å². The molecule has 1 aromatic carbocycles. The number of hydrogen-bond donors (Lipinski definition) is 0. The number of carbonyl (C=O) groups excluding carboxylic acids is 1. The van der Waals surface area contributed by atoms with Gasteiger partial charge in [0, 0.05) is 5.92 Å². The van der Waals surface area contributed by atoms with Crippen molar-refractivity contribution in [1.82, 2.24) is 0 Å². The first-order valence-electron chi connectivity index (χ1n) is 6.82. The molecule has 0 bridgehead atoms. The standard InChI is InChI=1S/C15H20O3S/c1-12-7-5-6-10-15(12)19(17,18)11-14(16)13-8-3-2-4-9-13/h5-7,10,13H,2-4,8-9,11H2,1H3. The van der Waals surface area contributed by atoms with E-state index in [4.69, 9.17) is 0 Å². The molecule has 1 aliphatic rings. The van der Waals surface area contributed by atoms with Gasteiger partial charge in [0.1, 0.15) is 5.75 Å². The molecule has 0 heterocycles. The van der Waals surface area contributed by atoms with Gasteiger partial charge in [-0.15, -0.1) is 0 Å². The van der Waals surface area contributed by atoms with Gasteiger partial charge in [0.15, 0.2) is 15.6 Å². The number of aryl methyl sites for hydroxylation is 1. The van der Waals surface area contributed by atoms with Crippen molar-refractivity contribution in [3.63, 3.8) is 0 Å². The zero-order valence-corrected chi connectivity index (χ0v) is 12.1. The highest BCUT2D eigenvalue weighted by Crippen LogP contribution is 2.26. The van der Waals surface area contributed by atoms with Crippen LogP contribution in [0.2, 0.25) is 0 Å². The maximum Gasteiger partial charge on any atom is 0.185 e. The summed E-state index contributed by atoms with van der Waals surface area (Å²) in [6.45, 7) is 1.76. The van der Waals surface area contributed by atoms with Crippen LogP contribution >= 0.6 is 0 Å². The Kier molecular flexibility index (Phi) is 4.40. The zero-order chi connectivity index (χ0) is 13.9. The molecule has 0 radical (unpaired) electrons. The monoisotopic (exact) mass is 280 g/mol. The third-order valence-electron chi connectivity index (χ3n) is 3.82. The number of benzene rings is 1. The quantitative estimate of drug-likeness (QED) is 0.852. The molecule has 19 heavy (non-hydrogen) atoms. The van der Waals surface area contributed by atoms with E-state index in [1.165, 1.54) is 0 Å². The first-order chi connectivity index (χ1) is 9.00. The molecule has 1 aliphatic carbocycles. The topological polar surface area (TPSA) is 51.2 Å². The average molecular weight is 280 g/mol. The number of ketones is 1. The van der Waals surface area contributed by atoms with Crippen LogP contribution in [-0.4, -0.2) is 20.0 Å². The lowest BCUT2D eigenvalue weighted by molar-refractivity contribution is -0.121. The van der Waals surface area contributed by atoms with Crippen molar-refractivity contribution in [2.24, 2.45) is 5.92 Å². The van der Waals surface area contributed by atoms with E-state index in [2.05, 4.69) is 0 Å². The van der Waals surface area contributed by atoms with E-state index < -0.39 is 9.84 Å². The second-order valence-corrected chi connectivity index (χ2v) is 7.28. The first kappa shape index (κ1) is 14.3. The molecule has 0 amide bonds. The number of carbonyl (C=O) groups is 1. The van der Waals surface area contributed by atoms with Crippen molar-refractivity contribution in [2.45, 2.75) is 43.9 Å². The maximum atomic E-state index is 12.3. The molecule has 0 unspecified atom stereocenters. The Labute approximate surface area is 114 Å². The fourth-order valence-corrected chi connectivity index (χ4v) is 4.32. The maximum absolute atomic E-state index is 12.3. The summed E-state index contributed by atoms with van der Waals surface area (Å²) in [6, 6.07) is 6.85. The molecule has 1 saturated carbocycles. The highest BCUT2D eigenvalue weighted by atomic mass is 32.2. The average Bonchev–Trinajstić information content (AvgIpc) is 2.39. The smallest absolute Gasteiger partial charge is 0.185 e. The molecule has 0 N–H and O–H groups in total. The number of rotatable bonds is 4. The van der Waals surface area contributed by atoms with Gasteiger partial charge in [-0.2, -0.15) is 0 Å². The van der Waals surface area contributed by atoms with Crippen LogP contribution < -0.4 is 0 Å². The fourth-order valence-electron chi connectivity index (χ4n) is 2.71. The van der Waals surface area contributed by atoms with Gasteiger partial charge in [0.05, 0.1) is 4.90 Å². The summed E-state index contributed by atoms with van der Waals surface area (Å²) in [5.41, 5.74) is 0.707. The molecular weight excluding hydrogens is 260 g/mol. The minimum absolute atomic E-state index is 0.0486. The molecular formula is C15H20O3S. The minimum Gasteiger partial charge on any atom is -0.298 e. The lowest BCUT2D eigenvalue weighted by Crippen LogP contribution is -2.25. The van der Waals surface area contributed by atoms with Gasteiger partial charge >= 0.3 is 0 Å². The van der Waals surface area contributed by atoms with Crippen LogP contribution in [0.3, 0.4) is 0 Å². The number of Topliss-reactive ketones (excluding diaryl/α,β-unsaturated/α-hetero) is 1. The van der Waals surface area contributed by atoms with Crippen LogP contribution in [0.15, 0.2) is 29.2 Å². The Balaban J connectivity index is 2.13. The Morgan fingerprint density at radius 1 is 1.16 bits per heavy atom. The molecule has 0 atom stereocenters. The molecule has 1 aromatic rings. The van der Waals surface area contributed by atoms with Crippen molar-refractivity contribution in [1.29, 1.82) is 0 Å². The van der Waals surface area contributed by atoms with Gasteiger partial charge in [0.25, 0.3) is 0 Å². The van der Waals surface area contributed by atoms with Crippen LogP contribution in [-0.2, 0) is 14.6 Å². The van der Waals surface area contributed by atoms with E-state index in [0.717, 1.165) is 32.1 Å². The van der Waals surface area contributed by atoms with Crippen molar-refractivity contribution in [2.75, 3.05) is 5.75 Å². The summed E-state index contributed by atoms with van der Waals surface area (Å²) < 4.78 is 24.6. The van der Waals surface area contributed by atoms with Gasteiger partial charge in [-0.1, -0.05) is 37.5 Å². The molecule has 3 nitrogen and oxygen atoms in total. The summed E-state index contributed by atoms with van der Waals surface area (Å²) in [5, 5.41) is 0. The predicted octanol–water partition coefficient (Wildman–Crippen LogP) is 2.92. The Hall–Kier alpha value is -1.16. The highest BCUT2D eigenvalue weighted by molar-refractivity contribution is 7.92. The van der Waals surface area contributed by atoms with Gasteiger partial charge in [-0.25, -0.2) is 8.42 Å². The fraction of sp³-hybridized carbons (Fsp3) is 0.533. The van der Waals surface area contributed by atoms with E-state index in [1.807, 2.05) is 0 Å². The van der Waals surface area contributed by atoms with Gasteiger partial charge in [-0.3, -0.25) is 4.79 Å². The van der Waals surface area contributed by atoms with Crippen molar-refractivity contribution in [3.05, 3.63) is 29.8 Å². The van der Waals surface area contributed by atoms with E-state index in [0.29, 0.717) is 10.5 Å². The Morgan fingerprint density at radius 3 is 2.42 bits per heavy atom. The number of hydrogen-bond acceptors (Lipinski definition) is 3. The predicted molar refractivity (Wildman–Crippen MR) is 74.8 cm³/mol. The van der Waals surface area contributed by atoms with Crippen LogP contribution in [0.1, 0.15) is 37.7 Å². The molecule has 0 aromatic heterocycles. The lowest BCUT2D eigenvalue weighted by Gasteiger charge is -2.20. The Morgan fingerprint density at radius 2 is 1.79 bits per heavy atom. The van der Waals surface area contributed by atoms with E-state index in [-0.39, 0.29) is 17.5 Å². The van der Waals surface area contributed by atoms with Gasteiger partial charge in [-0.05, 0) is 31.4 Å². The summed E-state index contributed by atoms with van der Waals surface area (Å²) in [4.78, 5) is 12.4. The van der Waals surface area contributed by atoms with E-state index in [9.17, 15) is 13.2 Å². The van der Waals surface area contributed by atoms with Crippen LogP contribution in [0.5, 0.6) is 0 Å². The summed E-state index contributed by atoms with van der Waals surface area (Å²) in [7, 11) is -3.49.